The minimum absolute atomic E-state index is 0.0125. The summed E-state index contributed by atoms with van der Waals surface area (Å²) in [4.78, 5) is 11.0. The highest BCUT2D eigenvalue weighted by Crippen LogP contribution is 2.13. The minimum Gasteiger partial charge on any atom is -0.289 e. The maximum Gasteiger partial charge on any atom is 0.246 e. The van der Waals surface area contributed by atoms with E-state index in [4.69, 9.17) is 5.21 Å². The maximum absolute atomic E-state index is 11.0. The standard InChI is InChI=1S/C9H19NO2/c1-3-5-6-7-8(4-2)9(11)10-12/h8,12H,3-7H2,1-2H3,(H,10,11). The van der Waals surface area contributed by atoms with E-state index in [-0.39, 0.29) is 11.8 Å². The molecule has 0 radical (unpaired) electrons. The SMILES string of the molecule is CCCCCC(CC)C(=O)NO. The largest absolute Gasteiger partial charge is 0.289 e. The summed E-state index contributed by atoms with van der Waals surface area (Å²) in [5, 5.41) is 8.39. The van der Waals surface area contributed by atoms with Crippen LogP contribution in [0.2, 0.25) is 0 Å². The Morgan fingerprint density at radius 1 is 1.42 bits per heavy atom. The fraction of sp³-hybridized carbons (Fsp3) is 0.889. The van der Waals surface area contributed by atoms with Crippen LogP contribution in [0.3, 0.4) is 0 Å². The fourth-order valence-corrected chi connectivity index (χ4v) is 1.25. The van der Waals surface area contributed by atoms with Gasteiger partial charge in [-0.1, -0.05) is 33.1 Å². The molecule has 72 valence electrons. The van der Waals surface area contributed by atoms with Gasteiger partial charge in [0.25, 0.3) is 0 Å². The van der Waals surface area contributed by atoms with E-state index in [9.17, 15) is 4.79 Å². The van der Waals surface area contributed by atoms with Crippen molar-refractivity contribution in [2.24, 2.45) is 5.92 Å². The molecule has 0 saturated carbocycles. The molecule has 0 spiro atoms. The summed E-state index contributed by atoms with van der Waals surface area (Å²) < 4.78 is 0. The smallest absolute Gasteiger partial charge is 0.246 e. The molecule has 0 bridgehead atoms. The highest BCUT2D eigenvalue weighted by Gasteiger charge is 2.14. The van der Waals surface area contributed by atoms with Gasteiger partial charge in [-0.2, -0.15) is 0 Å². The Morgan fingerprint density at radius 3 is 2.50 bits per heavy atom. The first-order valence-corrected chi connectivity index (χ1v) is 4.70. The number of nitrogens with one attached hydrogen (secondary N) is 1. The van der Waals surface area contributed by atoms with Crippen molar-refractivity contribution in [3.63, 3.8) is 0 Å². The minimum atomic E-state index is -0.242. The Hall–Kier alpha value is -0.570. The number of carbonyl (C=O) groups excluding carboxylic acids is 1. The first kappa shape index (κ1) is 11.4. The summed E-state index contributed by atoms with van der Waals surface area (Å²) in [6, 6.07) is 0. The molecule has 0 saturated heterocycles. The predicted octanol–water partition coefficient (Wildman–Crippen LogP) is 2.10. The van der Waals surface area contributed by atoms with E-state index in [1.807, 2.05) is 6.92 Å². The van der Waals surface area contributed by atoms with Gasteiger partial charge in [-0.05, 0) is 12.8 Å². The molecular formula is C9H19NO2. The first-order valence-electron chi connectivity index (χ1n) is 4.70. The van der Waals surface area contributed by atoms with Crippen molar-refractivity contribution in [3.8, 4) is 0 Å². The quantitative estimate of drug-likeness (QED) is 0.367. The molecule has 3 heteroatoms. The predicted molar refractivity (Wildman–Crippen MR) is 47.9 cm³/mol. The van der Waals surface area contributed by atoms with Crippen molar-refractivity contribution in [2.45, 2.75) is 46.0 Å². The van der Waals surface area contributed by atoms with Crippen molar-refractivity contribution >= 4 is 5.91 Å². The maximum atomic E-state index is 11.0. The molecule has 0 aromatic carbocycles. The van der Waals surface area contributed by atoms with Crippen molar-refractivity contribution in [2.75, 3.05) is 0 Å². The van der Waals surface area contributed by atoms with E-state index in [1.54, 1.807) is 5.48 Å². The lowest BCUT2D eigenvalue weighted by Gasteiger charge is -2.11. The molecule has 1 unspecified atom stereocenters. The van der Waals surface area contributed by atoms with E-state index in [1.165, 1.54) is 0 Å². The first-order chi connectivity index (χ1) is 5.76. The molecule has 0 fully saturated rings. The second-order valence-electron chi connectivity index (χ2n) is 3.08. The molecule has 0 aliphatic heterocycles. The van der Waals surface area contributed by atoms with Crippen molar-refractivity contribution < 1.29 is 10.0 Å². The number of carbonyl (C=O) groups is 1. The van der Waals surface area contributed by atoms with Crippen molar-refractivity contribution in [1.82, 2.24) is 5.48 Å². The lowest BCUT2D eigenvalue weighted by atomic mass is 9.98. The third-order valence-electron chi connectivity index (χ3n) is 2.13. The zero-order valence-corrected chi connectivity index (χ0v) is 7.97. The Balaban J connectivity index is 3.60. The lowest BCUT2D eigenvalue weighted by Crippen LogP contribution is -2.27. The topological polar surface area (TPSA) is 49.3 Å². The van der Waals surface area contributed by atoms with E-state index < -0.39 is 0 Å². The van der Waals surface area contributed by atoms with Gasteiger partial charge in [0.2, 0.25) is 5.91 Å². The van der Waals surface area contributed by atoms with Crippen LogP contribution in [0.1, 0.15) is 46.0 Å². The molecule has 0 aliphatic carbocycles. The fourth-order valence-electron chi connectivity index (χ4n) is 1.25. The van der Waals surface area contributed by atoms with E-state index in [0.29, 0.717) is 0 Å². The van der Waals surface area contributed by atoms with Gasteiger partial charge in [0, 0.05) is 5.92 Å². The monoisotopic (exact) mass is 173 g/mol. The van der Waals surface area contributed by atoms with Gasteiger partial charge in [0.15, 0.2) is 0 Å². The Kier molecular flexibility index (Phi) is 6.76. The summed E-state index contributed by atoms with van der Waals surface area (Å²) in [5.74, 6) is -0.254. The van der Waals surface area contributed by atoms with Gasteiger partial charge in [0.1, 0.15) is 0 Å². The number of hydroxylamine groups is 1. The molecule has 0 rings (SSSR count). The van der Waals surface area contributed by atoms with Crippen LogP contribution in [-0.2, 0) is 4.79 Å². The zero-order valence-electron chi connectivity index (χ0n) is 7.97. The summed E-state index contributed by atoms with van der Waals surface area (Å²) in [5.41, 5.74) is 1.70. The highest BCUT2D eigenvalue weighted by atomic mass is 16.5. The summed E-state index contributed by atoms with van der Waals surface area (Å²) in [7, 11) is 0. The molecule has 0 heterocycles. The highest BCUT2D eigenvalue weighted by molar-refractivity contribution is 5.77. The number of amides is 1. The van der Waals surface area contributed by atoms with Crippen LogP contribution in [0.4, 0.5) is 0 Å². The molecule has 0 aliphatic rings. The molecule has 0 aromatic rings. The second-order valence-corrected chi connectivity index (χ2v) is 3.08. The van der Waals surface area contributed by atoms with E-state index >= 15 is 0 Å². The number of rotatable bonds is 6. The Labute approximate surface area is 74.1 Å². The summed E-state index contributed by atoms with van der Waals surface area (Å²) in [6.45, 7) is 4.10. The van der Waals surface area contributed by atoms with Gasteiger partial charge in [0.05, 0.1) is 0 Å². The second kappa shape index (κ2) is 7.10. The third kappa shape index (κ3) is 4.34. The van der Waals surface area contributed by atoms with Gasteiger partial charge >= 0.3 is 0 Å². The third-order valence-corrected chi connectivity index (χ3v) is 2.13. The summed E-state index contributed by atoms with van der Waals surface area (Å²) in [6.07, 6.45) is 5.08. The molecule has 0 aromatic heterocycles. The molecule has 1 amide bonds. The molecule has 2 N–H and O–H groups in total. The van der Waals surface area contributed by atoms with Crippen LogP contribution in [0.15, 0.2) is 0 Å². The Morgan fingerprint density at radius 2 is 2.08 bits per heavy atom. The van der Waals surface area contributed by atoms with Crippen LogP contribution < -0.4 is 5.48 Å². The molecule has 12 heavy (non-hydrogen) atoms. The lowest BCUT2D eigenvalue weighted by molar-refractivity contribution is -0.133. The van der Waals surface area contributed by atoms with Crippen LogP contribution in [-0.4, -0.2) is 11.1 Å². The van der Waals surface area contributed by atoms with E-state index in [2.05, 4.69) is 6.92 Å². The van der Waals surface area contributed by atoms with Crippen LogP contribution >= 0.6 is 0 Å². The van der Waals surface area contributed by atoms with Crippen molar-refractivity contribution in [1.29, 1.82) is 0 Å². The summed E-state index contributed by atoms with van der Waals surface area (Å²) >= 11 is 0. The average molecular weight is 173 g/mol. The Bertz CT molecular complexity index is 126. The number of unbranched alkanes of at least 4 members (excludes halogenated alkanes) is 2. The van der Waals surface area contributed by atoms with Crippen LogP contribution in [0.5, 0.6) is 0 Å². The zero-order chi connectivity index (χ0) is 9.40. The van der Waals surface area contributed by atoms with Gasteiger partial charge < -0.3 is 0 Å². The van der Waals surface area contributed by atoms with Crippen LogP contribution in [0, 0.1) is 5.92 Å². The molecular weight excluding hydrogens is 154 g/mol. The van der Waals surface area contributed by atoms with E-state index in [0.717, 1.165) is 32.1 Å². The van der Waals surface area contributed by atoms with Gasteiger partial charge in [-0.25, -0.2) is 5.48 Å². The number of hydrogen-bond acceptors (Lipinski definition) is 2. The normalized spacial score (nSPS) is 12.6. The van der Waals surface area contributed by atoms with Gasteiger partial charge in [-0.3, -0.25) is 10.0 Å². The average Bonchev–Trinajstić information content (AvgIpc) is 2.11. The van der Waals surface area contributed by atoms with Crippen LogP contribution in [0.25, 0.3) is 0 Å². The molecule has 3 nitrogen and oxygen atoms in total. The number of hydrogen-bond donors (Lipinski definition) is 2. The van der Waals surface area contributed by atoms with Crippen molar-refractivity contribution in [3.05, 3.63) is 0 Å². The van der Waals surface area contributed by atoms with Gasteiger partial charge in [-0.15, -0.1) is 0 Å². The molecule has 1 atom stereocenters.